The Morgan fingerprint density at radius 2 is 1.95 bits per heavy atom. The topological polar surface area (TPSA) is 95.7 Å². The van der Waals surface area contributed by atoms with E-state index in [0.29, 0.717) is 25.6 Å². The number of rotatable bonds is 6. The number of hydrogen-bond acceptors (Lipinski definition) is 3. The van der Waals surface area contributed by atoms with Gasteiger partial charge in [-0.05, 0) is 31.1 Å². The van der Waals surface area contributed by atoms with Crippen LogP contribution >= 0.6 is 0 Å². The van der Waals surface area contributed by atoms with Crippen molar-refractivity contribution in [3.8, 4) is 0 Å². The second-order valence-electron chi connectivity index (χ2n) is 6.10. The van der Waals surface area contributed by atoms with Gasteiger partial charge >= 0.3 is 12.0 Å². The Morgan fingerprint density at radius 1 is 1.35 bits per heavy atom. The van der Waals surface area contributed by atoms with Gasteiger partial charge in [-0.3, -0.25) is 4.79 Å². The lowest BCUT2D eigenvalue weighted by Crippen LogP contribution is -2.48. The van der Waals surface area contributed by atoms with Crippen LogP contribution in [0.1, 0.15) is 39.5 Å². The van der Waals surface area contributed by atoms with Crippen LogP contribution in [0, 0.1) is 11.8 Å². The third-order valence-electron chi connectivity index (χ3n) is 3.64. The Morgan fingerprint density at radius 3 is 2.45 bits per heavy atom. The van der Waals surface area contributed by atoms with Crippen LogP contribution in [0.2, 0.25) is 0 Å². The number of carbonyl (C=O) groups excluding carboxylic acids is 1. The first kappa shape index (κ1) is 16.8. The van der Waals surface area contributed by atoms with Crippen LogP contribution in [-0.4, -0.2) is 47.7 Å². The van der Waals surface area contributed by atoms with Crippen molar-refractivity contribution in [3.63, 3.8) is 0 Å². The van der Waals surface area contributed by atoms with Crippen molar-refractivity contribution < 1.29 is 14.7 Å². The number of carbonyl (C=O) groups is 2. The zero-order valence-electron chi connectivity index (χ0n) is 12.5. The maximum atomic E-state index is 12.0. The highest BCUT2D eigenvalue weighted by Gasteiger charge is 2.22. The van der Waals surface area contributed by atoms with Crippen LogP contribution in [0.3, 0.4) is 0 Å². The predicted octanol–water partition coefficient (Wildman–Crippen LogP) is 1.26. The number of hydrogen-bond donors (Lipinski definition) is 3. The Labute approximate surface area is 120 Å². The average Bonchev–Trinajstić information content (AvgIpc) is 2.35. The van der Waals surface area contributed by atoms with Crippen molar-refractivity contribution in [3.05, 3.63) is 0 Å². The molecule has 1 heterocycles. The van der Waals surface area contributed by atoms with Gasteiger partial charge in [0, 0.05) is 32.1 Å². The molecule has 1 fully saturated rings. The van der Waals surface area contributed by atoms with Crippen LogP contribution in [0.15, 0.2) is 0 Å². The summed E-state index contributed by atoms with van der Waals surface area (Å²) in [6.45, 7) is 5.90. The standard InChI is InChI=1S/C14H27N3O3/c1-10(2)7-11(8-13(18)19)9-16-14(20)17-5-3-12(15)4-6-17/h10-12H,3-9,15H2,1-2H3,(H,16,20)(H,18,19)/t11-/m0/s1. The number of nitrogens with zero attached hydrogens (tertiary/aromatic N) is 1. The van der Waals surface area contributed by atoms with Gasteiger partial charge in [-0.15, -0.1) is 0 Å². The molecule has 1 saturated heterocycles. The summed E-state index contributed by atoms with van der Waals surface area (Å²) < 4.78 is 0. The molecule has 6 heteroatoms. The van der Waals surface area contributed by atoms with E-state index in [2.05, 4.69) is 19.2 Å². The normalized spacial score (nSPS) is 18.1. The summed E-state index contributed by atoms with van der Waals surface area (Å²) >= 11 is 0. The SMILES string of the molecule is CC(C)C[C@H](CNC(=O)N1CCC(N)CC1)CC(=O)O. The van der Waals surface area contributed by atoms with Gasteiger partial charge < -0.3 is 21.1 Å². The van der Waals surface area contributed by atoms with Crippen LogP contribution in [-0.2, 0) is 4.79 Å². The van der Waals surface area contributed by atoms with Gasteiger partial charge in [0.05, 0.1) is 0 Å². The van der Waals surface area contributed by atoms with Crippen LogP contribution in [0.25, 0.3) is 0 Å². The van der Waals surface area contributed by atoms with Crippen LogP contribution in [0.4, 0.5) is 4.79 Å². The van der Waals surface area contributed by atoms with Crippen molar-refractivity contribution in [2.75, 3.05) is 19.6 Å². The predicted molar refractivity (Wildman–Crippen MR) is 77.4 cm³/mol. The summed E-state index contributed by atoms with van der Waals surface area (Å²) in [5, 5.41) is 11.8. The fourth-order valence-corrected chi connectivity index (χ4v) is 2.60. The van der Waals surface area contributed by atoms with E-state index in [0.717, 1.165) is 19.3 Å². The third kappa shape index (κ3) is 6.23. The van der Waals surface area contributed by atoms with E-state index in [9.17, 15) is 9.59 Å². The van der Waals surface area contributed by atoms with Crippen molar-refractivity contribution in [2.45, 2.75) is 45.6 Å². The molecule has 20 heavy (non-hydrogen) atoms. The Kier molecular flexibility index (Phi) is 6.78. The zero-order chi connectivity index (χ0) is 15.1. The maximum absolute atomic E-state index is 12.0. The second-order valence-corrected chi connectivity index (χ2v) is 6.10. The molecule has 4 N–H and O–H groups in total. The number of urea groups is 1. The van der Waals surface area contributed by atoms with E-state index in [4.69, 9.17) is 10.8 Å². The molecule has 6 nitrogen and oxygen atoms in total. The molecule has 2 amide bonds. The first-order valence-electron chi connectivity index (χ1n) is 7.38. The molecule has 1 rings (SSSR count). The lowest BCUT2D eigenvalue weighted by Gasteiger charge is -2.30. The molecular formula is C14H27N3O3. The lowest BCUT2D eigenvalue weighted by molar-refractivity contribution is -0.138. The molecule has 0 unspecified atom stereocenters. The molecule has 1 aliphatic rings. The molecular weight excluding hydrogens is 258 g/mol. The van der Waals surface area contributed by atoms with Gasteiger partial charge in [0.15, 0.2) is 0 Å². The van der Waals surface area contributed by atoms with E-state index in [1.807, 2.05) is 0 Å². The minimum Gasteiger partial charge on any atom is -0.481 e. The highest BCUT2D eigenvalue weighted by Crippen LogP contribution is 2.15. The van der Waals surface area contributed by atoms with Crippen molar-refractivity contribution in [1.82, 2.24) is 10.2 Å². The monoisotopic (exact) mass is 285 g/mol. The Balaban J connectivity index is 2.37. The summed E-state index contributed by atoms with van der Waals surface area (Å²) in [7, 11) is 0. The number of aliphatic carboxylic acids is 1. The number of nitrogens with one attached hydrogen (secondary N) is 1. The molecule has 1 aliphatic heterocycles. The molecule has 1 atom stereocenters. The number of likely N-dealkylation sites (tertiary alicyclic amines) is 1. The molecule has 116 valence electrons. The first-order valence-corrected chi connectivity index (χ1v) is 7.38. The molecule has 0 radical (unpaired) electrons. The minimum atomic E-state index is -0.811. The van der Waals surface area contributed by atoms with Gasteiger partial charge in [0.1, 0.15) is 0 Å². The fourth-order valence-electron chi connectivity index (χ4n) is 2.60. The summed E-state index contributed by atoms with van der Waals surface area (Å²) in [5.41, 5.74) is 5.81. The van der Waals surface area contributed by atoms with Gasteiger partial charge in [0.2, 0.25) is 0 Å². The Bertz CT molecular complexity index is 326. The Hall–Kier alpha value is -1.30. The van der Waals surface area contributed by atoms with Gasteiger partial charge in [-0.2, -0.15) is 0 Å². The highest BCUT2D eigenvalue weighted by molar-refractivity contribution is 5.74. The van der Waals surface area contributed by atoms with E-state index in [-0.39, 0.29) is 24.4 Å². The van der Waals surface area contributed by atoms with E-state index in [1.54, 1.807) is 4.90 Å². The zero-order valence-corrected chi connectivity index (χ0v) is 12.5. The van der Waals surface area contributed by atoms with E-state index < -0.39 is 5.97 Å². The largest absolute Gasteiger partial charge is 0.481 e. The summed E-state index contributed by atoms with van der Waals surface area (Å²) in [4.78, 5) is 24.6. The molecule has 0 bridgehead atoms. The van der Waals surface area contributed by atoms with Gasteiger partial charge in [-0.25, -0.2) is 4.79 Å². The molecule has 0 saturated carbocycles. The molecule has 0 aromatic heterocycles. The number of piperidine rings is 1. The lowest BCUT2D eigenvalue weighted by atomic mass is 9.94. The number of carboxylic acids is 1. The molecule has 0 aliphatic carbocycles. The number of amides is 2. The van der Waals surface area contributed by atoms with Crippen LogP contribution in [0.5, 0.6) is 0 Å². The van der Waals surface area contributed by atoms with Crippen molar-refractivity contribution >= 4 is 12.0 Å². The van der Waals surface area contributed by atoms with Gasteiger partial charge in [0.25, 0.3) is 0 Å². The molecule has 0 aromatic carbocycles. The molecule has 0 spiro atoms. The fraction of sp³-hybridized carbons (Fsp3) is 0.857. The maximum Gasteiger partial charge on any atom is 0.317 e. The summed E-state index contributed by atoms with van der Waals surface area (Å²) in [5.74, 6) is -0.401. The second kappa shape index (κ2) is 8.09. The van der Waals surface area contributed by atoms with E-state index >= 15 is 0 Å². The highest BCUT2D eigenvalue weighted by atomic mass is 16.4. The number of nitrogens with two attached hydrogens (primary N) is 1. The summed E-state index contributed by atoms with van der Waals surface area (Å²) in [6, 6.07) is 0.0933. The van der Waals surface area contributed by atoms with Crippen molar-refractivity contribution in [1.29, 1.82) is 0 Å². The quantitative estimate of drug-likeness (QED) is 0.684. The number of carboxylic acid groups (broad SMARTS) is 1. The smallest absolute Gasteiger partial charge is 0.317 e. The minimum absolute atomic E-state index is 0.0107. The third-order valence-corrected chi connectivity index (χ3v) is 3.64. The molecule has 0 aromatic rings. The van der Waals surface area contributed by atoms with Gasteiger partial charge in [-0.1, -0.05) is 13.8 Å². The van der Waals surface area contributed by atoms with Crippen molar-refractivity contribution in [2.24, 2.45) is 17.6 Å². The van der Waals surface area contributed by atoms with E-state index in [1.165, 1.54) is 0 Å². The average molecular weight is 285 g/mol. The summed E-state index contributed by atoms with van der Waals surface area (Å²) in [6.07, 6.45) is 2.57. The van der Waals surface area contributed by atoms with Crippen LogP contribution < -0.4 is 11.1 Å². The first-order chi connectivity index (χ1) is 9.38.